The Morgan fingerprint density at radius 2 is 2.00 bits per heavy atom. The summed E-state index contributed by atoms with van der Waals surface area (Å²) in [6.07, 6.45) is -0.614. The molecule has 116 valence electrons. The number of benzene rings is 1. The first kappa shape index (κ1) is 14.4. The maximum Gasteiger partial charge on any atom is 0.417 e. The minimum atomic E-state index is -0.614. The zero-order chi connectivity index (χ0) is 15.9. The van der Waals surface area contributed by atoms with Crippen molar-refractivity contribution >= 4 is 23.6 Å². The van der Waals surface area contributed by atoms with E-state index in [1.54, 1.807) is 11.0 Å². The summed E-state index contributed by atoms with van der Waals surface area (Å²) in [4.78, 5) is 40.1. The Kier molecular flexibility index (Phi) is 3.48. The maximum absolute atomic E-state index is 12.4. The van der Waals surface area contributed by atoms with Crippen LogP contribution in [0, 0.1) is 0 Å². The van der Waals surface area contributed by atoms with Gasteiger partial charge in [0, 0.05) is 38.4 Å². The molecule has 0 aromatic heterocycles. The zero-order valence-corrected chi connectivity index (χ0v) is 12.5. The summed E-state index contributed by atoms with van der Waals surface area (Å²) >= 11 is 0. The van der Waals surface area contributed by atoms with Crippen LogP contribution < -0.4 is 4.90 Å². The summed E-state index contributed by atoms with van der Waals surface area (Å²) in [6.45, 7) is 0.506. The summed E-state index contributed by atoms with van der Waals surface area (Å²) < 4.78 is 4.69. The number of nitrogens with zero attached hydrogens (tertiary/aromatic N) is 3. The highest BCUT2D eigenvalue weighted by Gasteiger charge is 2.44. The number of imide groups is 1. The van der Waals surface area contributed by atoms with Crippen molar-refractivity contribution in [3.05, 3.63) is 29.8 Å². The number of cyclic esters (lactones) is 1. The minimum absolute atomic E-state index is 0.0973. The molecule has 7 nitrogen and oxygen atoms in total. The Bertz CT molecular complexity index is 621. The predicted molar refractivity (Wildman–Crippen MR) is 78.7 cm³/mol. The molecular formula is C15H17N3O4. The van der Waals surface area contributed by atoms with Crippen molar-refractivity contribution in [3.8, 4) is 0 Å². The van der Waals surface area contributed by atoms with E-state index in [4.69, 9.17) is 0 Å². The number of hydrogen-bond donors (Lipinski definition) is 0. The van der Waals surface area contributed by atoms with E-state index in [0.717, 1.165) is 10.6 Å². The highest BCUT2D eigenvalue weighted by molar-refractivity contribution is 5.99. The van der Waals surface area contributed by atoms with E-state index in [9.17, 15) is 14.4 Å². The Balaban J connectivity index is 1.65. The van der Waals surface area contributed by atoms with Gasteiger partial charge in [0.05, 0.1) is 6.04 Å². The van der Waals surface area contributed by atoms with Crippen LogP contribution in [0.4, 0.5) is 10.5 Å². The molecule has 2 aliphatic rings. The van der Waals surface area contributed by atoms with Gasteiger partial charge in [0.2, 0.25) is 0 Å². The number of carbonyl (C=O) groups is 3. The lowest BCUT2D eigenvalue weighted by molar-refractivity contribution is -0.129. The molecule has 7 heteroatoms. The molecule has 1 aromatic rings. The van der Waals surface area contributed by atoms with Crippen LogP contribution in [-0.4, -0.2) is 67.5 Å². The lowest BCUT2D eigenvalue weighted by atomic mass is 10.0. The highest BCUT2D eigenvalue weighted by atomic mass is 16.6. The third-order valence-electron chi connectivity index (χ3n) is 3.91. The van der Waals surface area contributed by atoms with E-state index < -0.39 is 6.09 Å². The fraction of sp³-hybridized carbons (Fsp3) is 0.400. The van der Waals surface area contributed by atoms with E-state index >= 15 is 0 Å². The Morgan fingerprint density at radius 3 is 2.59 bits per heavy atom. The van der Waals surface area contributed by atoms with Crippen molar-refractivity contribution in [1.29, 1.82) is 0 Å². The predicted octanol–water partition coefficient (Wildman–Crippen LogP) is 0.556. The van der Waals surface area contributed by atoms with Crippen molar-refractivity contribution in [2.45, 2.75) is 6.04 Å². The monoisotopic (exact) mass is 303 g/mol. The van der Waals surface area contributed by atoms with E-state index in [1.165, 1.54) is 0 Å². The average molecular weight is 303 g/mol. The standard InChI is InChI=1S/C15H17N3O4/c1-16(2)11-5-3-4-10(6-11)14(20)17-7-12(8-17)18-13(19)9-22-15(18)21/h3-6,12H,7-9H2,1-2H3. The molecule has 0 aliphatic carbocycles. The quantitative estimate of drug-likeness (QED) is 0.816. The second-order valence-electron chi connectivity index (χ2n) is 5.63. The molecule has 0 spiro atoms. The van der Waals surface area contributed by atoms with E-state index in [2.05, 4.69) is 4.74 Å². The Labute approximate surface area is 128 Å². The topological polar surface area (TPSA) is 70.2 Å². The highest BCUT2D eigenvalue weighted by Crippen LogP contribution is 2.23. The zero-order valence-electron chi connectivity index (χ0n) is 12.5. The first-order valence-corrected chi connectivity index (χ1v) is 7.03. The Hall–Kier alpha value is -2.57. The minimum Gasteiger partial charge on any atom is -0.439 e. The number of likely N-dealkylation sites (tertiary alicyclic amines) is 1. The smallest absolute Gasteiger partial charge is 0.417 e. The van der Waals surface area contributed by atoms with Crippen LogP contribution in [0.2, 0.25) is 0 Å². The fourth-order valence-corrected chi connectivity index (χ4v) is 2.60. The molecule has 1 aromatic carbocycles. The second kappa shape index (κ2) is 5.32. The third-order valence-corrected chi connectivity index (χ3v) is 3.91. The van der Waals surface area contributed by atoms with Crippen molar-refractivity contribution in [2.24, 2.45) is 0 Å². The van der Waals surface area contributed by atoms with E-state index in [-0.39, 0.29) is 24.5 Å². The van der Waals surface area contributed by atoms with Gasteiger partial charge >= 0.3 is 6.09 Å². The molecule has 3 rings (SSSR count). The number of anilines is 1. The summed E-state index contributed by atoms with van der Waals surface area (Å²) in [5, 5.41) is 0. The number of amides is 3. The van der Waals surface area contributed by atoms with Crippen molar-refractivity contribution in [1.82, 2.24) is 9.80 Å². The SMILES string of the molecule is CN(C)c1cccc(C(=O)N2CC(N3C(=O)COC3=O)C2)c1. The normalized spacial score (nSPS) is 18.3. The van der Waals surface area contributed by atoms with Gasteiger partial charge in [-0.2, -0.15) is 0 Å². The van der Waals surface area contributed by atoms with Crippen LogP contribution in [0.1, 0.15) is 10.4 Å². The first-order chi connectivity index (χ1) is 10.5. The molecule has 2 aliphatic heterocycles. The molecular weight excluding hydrogens is 286 g/mol. The van der Waals surface area contributed by atoms with Gasteiger partial charge in [-0.3, -0.25) is 9.59 Å². The third kappa shape index (κ3) is 2.38. The molecule has 0 N–H and O–H groups in total. The van der Waals surface area contributed by atoms with E-state index in [0.29, 0.717) is 18.7 Å². The van der Waals surface area contributed by atoms with Gasteiger partial charge < -0.3 is 14.5 Å². The molecule has 0 unspecified atom stereocenters. The molecule has 3 amide bonds. The second-order valence-corrected chi connectivity index (χ2v) is 5.63. The van der Waals surface area contributed by atoms with Gasteiger partial charge in [0.1, 0.15) is 0 Å². The molecule has 22 heavy (non-hydrogen) atoms. The largest absolute Gasteiger partial charge is 0.439 e. The van der Waals surface area contributed by atoms with Crippen molar-refractivity contribution < 1.29 is 19.1 Å². The fourth-order valence-electron chi connectivity index (χ4n) is 2.60. The summed E-state index contributed by atoms with van der Waals surface area (Å²) in [7, 11) is 3.82. The molecule has 2 saturated heterocycles. The maximum atomic E-state index is 12.4. The molecule has 0 saturated carbocycles. The van der Waals surface area contributed by atoms with Crippen LogP contribution in [0.5, 0.6) is 0 Å². The van der Waals surface area contributed by atoms with Crippen molar-refractivity contribution in [2.75, 3.05) is 38.7 Å². The average Bonchev–Trinajstić information content (AvgIpc) is 2.78. The van der Waals surface area contributed by atoms with Crippen LogP contribution in [0.15, 0.2) is 24.3 Å². The number of carbonyl (C=O) groups excluding carboxylic acids is 3. The summed E-state index contributed by atoms with van der Waals surface area (Å²) in [5.41, 5.74) is 1.54. The first-order valence-electron chi connectivity index (χ1n) is 7.03. The molecule has 0 radical (unpaired) electrons. The van der Waals surface area contributed by atoms with Gasteiger partial charge in [0.15, 0.2) is 6.61 Å². The molecule has 2 heterocycles. The molecule has 0 bridgehead atoms. The summed E-state index contributed by atoms with van der Waals surface area (Å²) in [5.74, 6) is -0.434. The van der Waals surface area contributed by atoms with Crippen LogP contribution >= 0.6 is 0 Å². The number of ether oxygens (including phenoxy) is 1. The van der Waals surface area contributed by atoms with Gasteiger partial charge in [-0.05, 0) is 18.2 Å². The van der Waals surface area contributed by atoms with Crippen LogP contribution in [0.3, 0.4) is 0 Å². The van der Waals surface area contributed by atoms with Gasteiger partial charge in [-0.15, -0.1) is 0 Å². The molecule has 0 atom stereocenters. The van der Waals surface area contributed by atoms with E-state index in [1.807, 2.05) is 37.2 Å². The summed E-state index contributed by atoms with van der Waals surface area (Å²) in [6, 6.07) is 7.07. The lowest BCUT2D eigenvalue weighted by Gasteiger charge is -2.42. The Morgan fingerprint density at radius 1 is 1.27 bits per heavy atom. The number of hydrogen-bond acceptors (Lipinski definition) is 5. The lowest BCUT2D eigenvalue weighted by Crippen LogP contribution is -2.62. The van der Waals surface area contributed by atoms with Gasteiger partial charge in [-0.25, -0.2) is 9.69 Å². The molecule has 2 fully saturated rings. The van der Waals surface area contributed by atoms with Crippen LogP contribution in [0.25, 0.3) is 0 Å². The van der Waals surface area contributed by atoms with Gasteiger partial charge in [0.25, 0.3) is 11.8 Å². The van der Waals surface area contributed by atoms with Crippen LogP contribution in [-0.2, 0) is 9.53 Å². The van der Waals surface area contributed by atoms with Crippen molar-refractivity contribution in [3.63, 3.8) is 0 Å². The van der Waals surface area contributed by atoms with Gasteiger partial charge in [-0.1, -0.05) is 6.07 Å². The number of rotatable bonds is 3.